The van der Waals surface area contributed by atoms with Crippen LogP contribution in [0.15, 0.2) is 59.3 Å². The summed E-state index contributed by atoms with van der Waals surface area (Å²) in [5.74, 6) is 1.18. The number of hydrogen-bond donors (Lipinski definition) is 0. The van der Waals surface area contributed by atoms with E-state index in [0.717, 1.165) is 19.5 Å². The SMILES string of the molecule is Cn1cc(C(=O)N2CC(Cc3ccccc3)C2)c(-c2ccco2)n1. The van der Waals surface area contributed by atoms with Crippen LogP contribution in [-0.2, 0) is 13.5 Å². The Kier molecular flexibility index (Phi) is 3.69. The second-order valence-electron chi connectivity index (χ2n) is 6.31. The van der Waals surface area contributed by atoms with E-state index in [2.05, 4.69) is 29.4 Å². The molecule has 2 aromatic heterocycles. The predicted molar refractivity (Wildman–Crippen MR) is 90.4 cm³/mol. The number of benzene rings is 1. The summed E-state index contributed by atoms with van der Waals surface area (Å²) in [6.45, 7) is 1.58. The number of aryl methyl sites for hydroxylation is 1. The highest BCUT2D eigenvalue weighted by Crippen LogP contribution is 2.27. The summed E-state index contributed by atoms with van der Waals surface area (Å²) in [4.78, 5) is 14.7. The van der Waals surface area contributed by atoms with Crippen molar-refractivity contribution in [1.82, 2.24) is 14.7 Å². The molecule has 24 heavy (non-hydrogen) atoms. The summed E-state index contributed by atoms with van der Waals surface area (Å²) in [5, 5.41) is 4.38. The van der Waals surface area contributed by atoms with Crippen LogP contribution in [0.5, 0.6) is 0 Å². The van der Waals surface area contributed by atoms with Crippen LogP contribution in [0.3, 0.4) is 0 Å². The van der Waals surface area contributed by atoms with E-state index in [4.69, 9.17) is 4.42 Å². The molecule has 0 radical (unpaired) electrons. The summed E-state index contributed by atoms with van der Waals surface area (Å²) in [5.41, 5.74) is 2.54. The zero-order chi connectivity index (χ0) is 16.5. The number of likely N-dealkylation sites (tertiary alicyclic amines) is 1. The maximum atomic E-state index is 12.8. The Morgan fingerprint density at radius 2 is 2.00 bits per heavy atom. The minimum absolute atomic E-state index is 0.0267. The van der Waals surface area contributed by atoms with Crippen LogP contribution < -0.4 is 0 Å². The van der Waals surface area contributed by atoms with E-state index >= 15 is 0 Å². The molecule has 1 amide bonds. The molecule has 1 saturated heterocycles. The van der Waals surface area contributed by atoms with E-state index < -0.39 is 0 Å². The molecule has 5 nitrogen and oxygen atoms in total. The Labute approximate surface area is 140 Å². The van der Waals surface area contributed by atoms with Gasteiger partial charge in [0.25, 0.3) is 5.91 Å². The smallest absolute Gasteiger partial charge is 0.257 e. The van der Waals surface area contributed by atoms with Crippen molar-refractivity contribution in [1.29, 1.82) is 0 Å². The summed E-state index contributed by atoms with van der Waals surface area (Å²) in [6.07, 6.45) is 4.38. The van der Waals surface area contributed by atoms with Gasteiger partial charge in [-0.2, -0.15) is 5.10 Å². The van der Waals surface area contributed by atoms with Crippen molar-refractivity contribution in [3.63, 3.8) is 0 Å². The van der Waals surface area contributed by atoms with Crippen molar-refractivity contribution < 1.29 is 9.21 Å². The average molecular weight is 321 g/mol. The standard InChI is InChI=1S/C19H19N3O2/c1-21-13-16(18(20-21)17-8-5-9-24-17)19(23)22-11-15(12-22)10-14-6-3-2-4-7-14/h2-9,13,15H,10-12H2,1H3. The molecule has 1 aliphatic rings. The highest BCUT2D eigenvalue weighted by atomic mass is 16.3. The van der Waals surface area contributed by atoms with Crippen LogP contribution in [-0.4, -0.2) is 33.7 Å². The van der Waals surface area contributed by atoms with Gasteiger partial charge in [0, 0.05) is 26.3 Å². The Morgan fingerprint density at radius 1 is 1.21 bits per heavy atom. The van der Waals surface area contributed by atoms with E-state index in [9.17, 15) is 4.79 Å². The van der Waals surface area contributed by atoms with Gasteiger partial charge in [-0.25, -0.2) is 0 Å². The number of carbonyl (C=O) groups is 1. The zero-order valence-corrected chi connectivity index (χ0v) is 13.6. The van der Waals surface area contributed by atoms with Crippen LogP contribution in [0.1, 0.15) is 15.9 Å². The highest BCUT2D eigenvalue weighted by molar-refractivity contribution is 5.99. The van der Waals surface area contributed by atoms with Crippen molar-refractivity contribution >= 4 is 5.91 Å². The molecule has 1 fully saturated rings. The highest BCUT2D eigenvalue weighted by Gasteiger charge is 2.33. The Balaban J connectivity index is 1.45. The molecule has 0 bridgehead atoms. The maximum absolute atomic E-state index is 12.8. The quantitative estimate of drug-likeness (QED) is 0.742. The second kappa shape index (κ2) is 6.00. The third kappa shape index (κ3) is 2.73. The van der Waals surface area contributed by atoms with Gasteiger partial charge in [-0.1, -0.05) is 30.3 Å². The van der Waals surface area contributed by atoms with Gasteiger partial charge < -0.3 is 9.32 Å². The van der Waals surface area contributed by atoms with Crippen LogP contribution in [0, 0.1) is 5.92 Å². The Bertz CT molecular complexity index is 831. The predicted octanol–water partition coefficient (Wildman–Crippen LogP) is 2.99. The maximum Gasteiger partial charge on any atom is 0.257 e. The molecule has 0 saturated carbocycles. The van der Waals surface area contributed by atoms with Gasteiger partial charge in [0.15, 0.2) is 5.76 Å². The third-order valence-corrected chi connectivity index (χ3v) is 4.43. The van der Waals surface area contributed by atoms with Crippen LogP contribution in [0.4, 0.5) is 0 Å². The zero-order valence-electron chi connectivity index (χ0n) is 13.6. The Hall–Kier alpha value is -2.82. The number of rotatable bonds is 4. The first kappa shape index (κ1) is 14.8. The first-order valence-electron chi connectivity index (χ1n) is 8.11. The topological polar surface area (TPSA) is 51.3 Å². The lowest BCUT2D eigenvalue weighted by molar-refractivity contribution is 0.0501. The van der Waals surface area contributed by atoms with Crippen LogP contribution >= 0.6 is 0 Å². The largest absolute Gasteiger partial charge is 0.463 e. The van der Waals surface area contributed by atoms with Crippen LogP contribution in [0.2, 0.25) is 0 Å². The van der Waals surface area contributed by atoms with Crippen molar-refractivity contribution in [2.75, 3.05) is 13.1 Å². The first-order chi connectivity index (χ1) is 11.7. The van der Waals surface area contributed by atoms with Crippen molar-refractivity contribution in [2.45, 2.75) is 6.42 Å². The van der Waals surface area contributed by atoms with Gasteiger partial charge >= 0.3 is 0 Å². The van der Waals surface area contributed by atoms with Gasteiger partial charge in [0.1, 0.15) is 5.69 Å². The van der Waals surface area contributed by atoms with E-state index in [1.165, 1.54) is 5.56 Å². The minimum atomic E-state index is 0.0267. The molecule has 5 heteroatoms. The second-order valence-corrected chi connectivity index (χ2v) is 6.31. The summed E-state index contributed by atoms with van der Waals surface area (Å²) >= 11 is 0. The molecule has 0 spiro atoms. The average Bonchev–Trinajstić information content (AvgIpc) is 3.20. The number of furan rings is 1. The Morgan fingerprint density at radius 3 is 2.71 bits per heavy atom. The van der Waals surface area contributed by atoms with Gasteiger partial charge in [0.05, 0.1) is 11.8 Å². The van der Waals surface area contributed by atoms with Gasteiger partial charge in [-0.15, -0.1) is 0 Å². The molecule has 3 heterocycles. The summed E-state index contributed by atoms with van der Waals surface area (Å²) in [6, 6.07) is 14.1. The number of aromatic nitrogens is 2. The monoisotopic (exact) mass is 321 g/mol. The van der Waals surface area contributed by atoms with Crippen LogP contribution in [0.25, 0.3) is 11.5 Å². The summed E-state index contributed by atoms with van der Waals surface area (Å²) in [7, 11) is 1.82. The normalized spacial score (nSPS) is 14.6. The fourth-order valence-corrected chi connectivity index (χ4v) is 3.22. The molecular formula is C19H19N3O2. The van der Waals surface area contributed by atoms with Crippen molar-refractivity contribution in [3.8, 4) is 11.5 Å². The van der Waals surface area contributed by atoms with Gasteiger partial charge in [0.2, 0.25) is 0 Å². The van der Waals surface area contributed by atoms with Crippen molar-refractivity contribution in [2.24, 2.45) is 13.0 Å². The van der Waals surface area contributed by atoms with Gasteiger partial charge in [-0.3, -0.25) is 9.48 Å². The third-order valence-electron chi connectivity index (χ3n) is 4.43. The fourth-order valence-electron chi connectivity index (χ4n) is 3.22. The van der Waals surface area contributed by atoms with E-state index in [0.29, 0.717) is 22.9 Å². The molecule has 1 aliphatic heterocycles. The molecule has 1 aromatic carbocycles. The molecule has 0 unspecified atom stereocenters. The molecule has 3 aromatic rings. The lowest BCUT2D eigenvalue weighted by Gasteiger charge is -2.39. The number of amides is 1. The molecular weight excluding hydrogens is 302 g/mol. The number of hydrogen-bond acceptors (Lipinski definition) is 3. The molecule has 0 atom stereocenters. The lowest BCUT2D eigenvalue weighted by Crippen LogP contribution is -2.50. The minimum Gasteiger partial charge on any atom is -0.463 e. The number of carbonyl (C=O) groups excluding carboxylic acids is 1. The molecule has 0 N–H and O–H groups in total. The molecule has 122 valence electrons. The van der Waals surface area contributed by atoms with E-state index in [1.807, 2.05) is 24.1 Å². The first-order valence-corrected chi connectivity index (χ1v) is 8.11. The van der Waals surface area contributed by atoms with Gasteiger partial charge in [-0.05, 0) is 30.0 Å². The van der Waals surface area contributed by atoms with Crippen molar-refractivity contribution in [3.05, 3.63) is 66.1 Å². The van der Waals surface area contributed by atoms with E-state index in [1.54, 1.807) is 23.2 Å². The fraction of sp³-hybridized carbons (Fsp3) is 0.263. The lowest BCUT2D eigenvalue weighted by atomic mass is 9.91. The summed E-state index contributed by atoms with van der Waals surface area (Å²) < 4.78 is 7.07. The molecule has 4 rings (SSSR count). The molecule has 0 aliphatic carbocycles. The van der Waals surface area contributed by atoms with E-state index in [-0.39, 0.29) is 5.91 Å². The number of nitrogens with zero attached hydrogens (tertiary/aromatic N) is 3.